The molecule has 354 valence electrons. The monoisotopic (exact) mass is 886 g/mol. The Morgan fingerprint density at radius 2 is 0.871 bits per heavy atom. The average Bonchev–Trinajstić information content (AvgIpc) is 3.23. The van der Waals surface area contributed by atoms with Gasteiger partial charge in [0.2, 0.25) is 0 Å². The number of phosphoric acid groups is 1. The highest BCUT2D eigenvalue weighted by molar-refractivity contribution is 7.45. The predicted octanol–water partition coefficient (Wildman–Crippen LogP) is 13.5. The molecule has 0 saturated heterocycles. The fourth-order valence-corrected chi connectivity index (χ4v) is 6.66. The third-order valence-corrected chi connectivity index (χ3v) is 10.6. The van der Waals surface area contributed by atoms with Gasteiger partial charge in [-0.25, -0.2) is 0 Å². The first-order valence-electron chi connectivity index (χ1n) is 23.9. The Labute approximate surface area is 379 Å². The van der Waals surface area contributed by atoms with E-state index in [0.29, 0.717) is 23.9 Å². The standard InChI is InChI=1S/C52H88NO8P/c1-6-8-10-12-14-16-18-20-22-24-26-28-30-32-34-36-38-40-42-44-51(54)58-48-50(49-60-62(56,57)59-47-46-53(3,4)5)61-52(55)45-43-41-39-37-35-33-31-29-27-25-23-21-19-17-15-13-11-9-7-2/h8-11,14-17,20-23,26-29,50H,6-7,12-13,18-19,24-25,30-49H2,1-5H3/b10-8-,11-9-,16-14-,17-15-,22-20-,23-21-,28-26-,29-27-. The lowest BCUT2D eigenvalue weighted by molar-refractivity contribution is -0.870. The van der Waals surface area contributed by atoms with Crippen LogP contribution in [0.4, 0.5) is 0 Å². The van der Waals surface area contributed by atoms with E-state index in [4.69, 9.17) is 18.5 Å². The van der Waals surface area contributed by atoms with Crippen LogP contribution in [0, 0.1) is 0 Å². The SMILES string of the molecule is CC/C=C\C/C=C\C/C=C\C/C=C\CCCCCCCCC(=O)OCC(COP(=O)([O-])OCC[N+](C)(C)C)OC(=O)CCCCCCCC/C=C\C/C=C\C/C=C\C/C=C\CC. The van der Waals surface area contributed by atoms with Crippen LogP contribution in [0.3, 0.4) is 0 Å². The number of carbonyl (C=O) groups is 2. The molecule has 0 spiro atoms. The maximum Gasteiger partial charge on any atom is 0.306 e. The molecule has 0 aliphatic heterocycles. The summed E-state index contributed by atoms with van der Waals surface area (Å²) in [6.07, 6.45) is 57.1. The number of ether oxygens (including phenoxy) is 2. The molecule has 0 bridgehead atoms. The largest absolute Gasteiger partial charge is 0.756 e. The van der Waals surface area contributed by atoms with Crippen LogP contribution in [-0.2, 0) is 32.7 Å². The molecule has 0 aliphatic carbocycles. The second-order valence-electron chi connectivity index (χ2n) is 16.7. The van der Waals surface area contributed by atoms with Gasteiger partial charge in [-0.05, 0) is 89.9 Å². The summed E-state index contributed by atoms with van der Waals surface area (Å²) >= 11 is 0. The second kappa shape index (κ2) is 43.2. The van der Waals surface area contributed by atoms with Crippen molar-refractivity contribution in [2.24, 2.45) is 0 Å². The van der Waals surface area contributed by atoms with E-state index in [9.17, 15) is 19.0 Å². The van der Waals surface area contributed by atoms with Gasteiger partial charge in [0.15, 0.2) is 6.10 Å². The normalized spacial score (nSPS) is 14.4. The predicted molar refractivity (Wildman–Crippen MR) is 259 cm³/mol. The molecule has 10 heteroatoms. The third-order valence-electron chi connectivity index (χ3n) is 9.60. The van der Waals surface area contributed by atoms with Crippen LogP contribution >= 0.6 is 7.82 Å². The summed E-state index contributed by atoms with van der Waals surface area (Å²) < 4.78 is 34.0. The summed E-state index contributed by atoms with van der Waals surface area (Å²) in [5.41, 5.74) is 0. The minimum Gasteiger partial charge on any atom is -0.756 e. The molecule has 62 heavy (non-hydrogen) atoms. The van der Waals surface area contributed by atoms with E-state index >= 15 is 0 Å². The smallest absolute Gasteiger partial charge is 0.306 e. The van der Waals surface area contributed by atoms with Crippen molar-refractivity contribution in [1.29, 1.82) is 0 Å². The Bertz CT molecular complexity index is 1370. The van der Waals surface area contributed by atoms with Crippen molar-refractivity contribution in [3.63, 3.8) is 0 Å². The lowest BCUT2D eigenvalue weighted by Crippen LogP contribution is -2.37. The number of rotatable bonds is 42. The molecular formula is C52H88NO8P. The second-order valence-corrected chi connectivity index (χ2v) is 18.1. The van der Waals surface area contributed by atoms with Crippen LogP contribution < -0.4 is 4.89 Å². The lowest BCUT2D eigenvalue weighted by atomic mass is 10.1. The molecule has 0 fully saturated rings. The minimum absolute atomic E-state index is 0.0422. The van der Waals surface area contributed by atoms with Crippen molar-refractivity contribution in [1.82, 2.24) is 0 Å². The fourth-order valence-electron chi connectivity index (χ4n) is 5.93. The van der Waals surface area contributed by atoms with Gasteiger partial charge < -0.3 is 27.9 Å². The van der Waals surface area contributed by atoms with E-state index in [1.54, 1.807) is 0 Å². The number of likely N-dealkylation sites (N-methyl/N-ethyl adjacent to an activating group) is 1. The van der Waals surface area contributed by atoms with Crippen LogP contribution in [0.2, 0.25) is 0 Å². The molecule has 0 aromatic rings. The topological polar surface area (TPSA) is 111 Å². The molecule has 2 unspecified atom stereocenters. The van der Waals surface area contributed by atoms with E-state index in [1.165, 1.54) is 0 Å². The van der Waals surface area contributed by atoms with Crippen LogP contribution in [-0.4, -0.2) is 70.0 Å². The quantitative estimate of drug-likeness (QED) is 0.0196. The highest BCUT2D eigenvalue weighted by Gasteiger charge is 2.21. The van der Waals surface area contributed by atoms with Crippen molar-refractivity contribution in [3.05, 3.63) is 97.2 Å². The average molecular weight is 886 g/mol. The number of allylic oxidation sites excluding steroid dienone is 16. The van der Waals surface area contributed by atoms with Crippen molar-refractivity contribution >= 4 is 19.8 Å². The van der Waals surface area contributed by atoms with Crippen LogP contribution in [0.25, 0.3) is 0 Å². The Balaban J connectivity index is 4.38. The molecule has 0 heterocycles. The number of phosphoric ester groups is 1. The van der Waals surface area contributed by atoms with E-state index in [0.717, 1.165) is 128 Å². The zero-order chi connectivity index (χ0) is 45.7. The highest BCUT2D eigenvalue weighted by atomic mass is 31.2. The highest BCUT2D eigenvalue weighted by Crippen LogP contribution is 2.38. The molecule has 0 aromatic carbocycles. The third kappa shape index (κ3) is 46.4. The number of hydrogen-bond donors (Lipinski definition) is 0. The zero-order valence-electron chi connectivity index (χ0n) is 39.8. The van der Waals surface area contributed by atoms with Crippen LogP contribution in [0.1, 0.15) is 168 Å². The molecule has 2 atom stereocenters. The van der Waals surface area contributed by atoms with E-state index in [2.05, 4.69) is 111 Å². The van der Waals surface area contributed by atoms with Gasteiger partial charge in [-0.2, -0.15) is 0 Å². The molecule has 0 aromatic heterocycles. The summed E-state index contributed by atoms with van der Waals surface area (Å²) in [6, 6.07) is 0. The number of quaternary nitrogens is 1. The Morgan fingerprint density at radius 3 is 1.29 bits per heavy atom. The van der Waals surface area contributed by atoms with E-state index in [1.807, 2.05) is 21.1 Å². The van der Waals surface area contributed by atoms with Gasteiger partial charge in [0.05, 0.1) is 27.7 Å². The maximum atomic E-state index is 12.7. The first kappa shape index (κ1) is 58.9. The van der Waals surface area contributed by atoms with Crippen molar-refractivity contribution < 1.29 is 42.1 Å². The summed E-state index contributed by atoms with van der Waals surface area (Å²) in [7, 11) is 1.13. The van der Waals surface area contributed by atoms with Gasteiger partial charge in [-0.15, -0.1) is 0 Å². The molecule has 0 aliphatic rings. The fraction of sp³-hybridized carbons (Fsp3) is 0.654. The van der Waals surface area contributed by atoms with Gasteiger partial charge >= 0.3 is 11.9 Å². The molecule has 9 nitrogen and oxygen atoms in total. The summed E-state index contributed by atoms with van der Waals surface area (Å²) in [6.45, 7) is 3.95. The molecule has 0 radical (unpaired) electrons. The minimum atomic E-state index is -4.64. The molecular weight excluding hydrogens is 798 g/mol. The van der Waals surface area contributed by atoms with Gasteiger partial charge in [0.1, 0.15) is 19.8 Å². The van der Waals surface area contributed by atoms with Crippen LogP contribution in [0.15, 0.2) is 97.2 Å². The number of nitrogens with zero attached hydrogens (tertiary/aromatic N) is 1. The number of carbonyl (C=O) groups excluding carboxylic acids is 2. The first-order chi connectivity index (χ1) is 30.0. The lowest BCUT2D eigenvalue weighted by Gasteiger charge is -2.28. The molecule has 0 amide bonds. The van der Waals surface area contributed by atoms with Gasteiger partial charge in [0, 0.05) is 12.8 Å². The summed E-state index contributed by atoms with van der Waals surface area (Å²) in [4.78, 5) is 37.7. The summed E-state index contributed by atoms with van der Waals surface area (Å²) in [5, 5.41) is 0. The van der Waals surface area contributed by atoms with Crippen molar-refractivity contribution in [2.75, 3.05) is 47.5 Å². The molecule has 0 N–H and O–H groups in total. The van der Waals surface area contributed by atoms with Crippen molar-refractivity contribution in [2.45, 2.75) is 174 Å². The van der Waals surface area contributed by atoms with E-state index in [-0.39, 0.29) is 26.1 Å². The number of unbranched alkanes of at least 4 members (excludes halogenated alkanes) is 12. The van der Waals surface area contributed by atoms with Crippen LogP contribution in [0.5, 0.6) is 0 Å². The van der Waals surface area contributed by atoms with E-state index < -0.39 is 32.5 Å². The summed E-state index contributed by atoms with van der Waals surface area (Å²) in [5.74, 6) is -0.875. The number of esters is 2. The Kier molecular flexibility index (Phi) is 41.1. The van der Waals surface area contributed by atoms with Crippen molar-refractivity contribution in [3.8, 4) is 0 Å². The zero-order valence-corrected chi connectivity index (χ0v) is 40.7. The number of hydrogen-bond acceptors (Lipinski definition) is 8. The maximum absolute atomic E-state index is 12.7. The van der Waals surface area contributed by atoms with Gasteiger partial charge in [0.25, 0.3) is 7.82 Å². The Morgan fingerprint density at radius 1 is 0.500 bits per heavy atom. The van der Waals surface area contributed by atoms with Gasteiger partial charge in [-0.3, -0.25) is 14.2 Å². The molecule has 0 rings (SSSR count). The van der Waals surface area contributed by atoms with Gasteiger partial charge in [-0.1, -0.05) is 162 Å². The first-order valence-corrected chi connectivity index (χ1v) is 25.4. The Hall–Kier alpha value is -3.07. The molecule has 0 saturated carbocycles.